The Kier molecular flexibility index (Phi) is 6.02. The van der Waals surface area contributed by atoms with E-state index in [0.717, 1.165) is 37.3 Å². The van der Waals surface area contributed by atoms with Crippen LogP contribution in [0.2, 0.25) is 0 Å². The third-order valence-electron chi connectivity index (χ3n) is 6.74. The Bertz CT molecular complexity index is 926. The van der Waals surface area contributed by atoms with Crippen LogP contribution in [-0.4, -0.2) is 53.0 Å². The van der Waals surface area contributed by atoms with Crippen molar-refractivity contribution in [3.8, 4) is 0 Å². The van der Waals surface area contributed by atoms with Gasteiger partial charge in [-0.1, -0.05) is 52.0 Å². The van der Waals surface area contributed by atoms with E-state index in [1.54, 1.807) is 6.33 Å². The molecule has 0 radical (unpaired) electrons. The number of carbonyl (C=O) groups excluding carboxylic acids is 1. The van der Waals surface area contributed by atoms with Gasteiger partial charge in [0.1, 0.15) is 12.1 Å². The van der Waals surface area contributed by atoms with E-state index in [9.17, 15) is 4.79 Å². The number of benzene rings is 1. The van der Waals surface area contributed by atoms with Crippen molar-refractivity contribution in [1.29, 1.82) is 0 Å². The van der Waals surface area contributed by atoms with Gasteiger partial charge in [0.15, 0.2) is 0 Å². The Balaban J connectivity index is 1.35. The minimum absolute atomic E-state index is 0.0424. The summed E-state index contributed by atoms with van der Waals surface area (Å²) in [4.78, 5) is 26.3. The van der Waals surface area contributed by atoms with Crippen molar-refractivity contribution >= 4 is 11.7 Å². The molecular weight excluding hydrogens is 386 g/mol. The Morgan fingerprint density at radius 3 is 2.45 bits per heavy atom. The molecule has 2 aromatic rings. The molecule has 2 heterocycles. The lowest BCUT2D eigenvalue weighted by molar-refractivity contribution is -0.132. The molecule has 1 aliphatic carbocycles. The predicted molar refractivity (Wildman–Crippen MR) is 124 cm³/mol. The zero-order valence-electron chi connectivity index (χ0n) is 19.3. The Hall–Kier alpha value is -2.47. The smallest absolute Gasteiger partial charge is 0.239 e. The number of nitrogens with zero attached hydrogens (tertiary/aromatic N) is 4. The van der Waals surface area contributed by atoms with E-state index in [0.29, 0.717) is 25.4 Å². The van der Waals surface area contributed by atoms with Crippen LogP contribution in [0.5, 0.6) is 0 Å². The number of hydrogen-bond donors (Lipinski definition) is 1. The molecule has 4 rings (SSSR count). The van der Waals surface area contributed by atoms with E-state index in [2.05, 4.69) is 66.8 Å². The molecule has 0 saturated carbocycles. The number of nitrogens with two attached hydrogens (primary N) is 1. The molecule has 2 atom stereocenters. The van der Waals surface area contributed by atoms with Gasteiger partial charge in [0, 0.05) is 37.4 Å². The van der Waals surface area contributed by atoms with Crippen LogP contribution in [0.1, 0.15) is 62.4 Å². The fourth-order valence-corrected chi connectivity index (χ4v) is 4.73. The van der Waals surface area contributed by atoms with E-state index in [1.165, 1.54) is 16.8 Å². The minimum Gasteiger partial charge on any atom is -0.353 e. The van der Waals surface area contributed by atoms with Crippen LogP contribution in [0.15, 0.2) is 30.6 Å². The number of amides is 1. The highest BCUT2D eigenvalue weighted by Crippen LogP contribution is 2.37. The largest absolute Gasteiger partial charge is 0.353 e. The summed E-state index contributed by atoms with van der Waals surface area (Å²) in [5.74, 6) is 1.61. The van der Waals surface area contributed by atoms with Gasteiger partial charge in [-0.25, -0.2) is 9.97 Å². The quantitative estimate of drug-likeness (QED) is 0.821. The van der Waals surface area contributed by atoms with Gasteiger partial charge in [-0.15, -0.1) is 0 Å². The lowest BCUT2D eigenvalue weighted by Gasteiger charge is -2.37. The number of rotatable bonds is 4. The molecule has 2 N–H and O–H groups in total. The summed E-state index contributed by atoms with van der Waals surface area (Å²) in [6, 6.07) is 7.99. The topological polar surface area (TPSA) is 75.4 Å². The minimum atomic E-state index is -0.504. The third kappa shape index (κ3) is 4.59. The van der Waals surface area contributed by atoms with Crippen LogP contribution >= 0.6 is 0 Å². The highest BCUT2D eigenvalue weighted by Gasteiger charge is 2.30. The van der Waals surface area contributed by atoms with Gasteiger partial charge in [-0.2, -0.15) is 0 Å². The van der Waals surface area contributed by atoms with Gasteiger partial charge in [0.25, 0.3) is 0 Å². The molecule has 1 amide bonds. The van der Waals surface area contributed by atoms with Gasteiger partial charge in [-0.05, 0) is 41.7 Å². The highest BCUT2D eigenvalue weighted by atomic mass is 16.2. The maximum absolute atomic E-state index is 13.0. The van der Waals surface area contributed by atoms with E-state index in [4.69, 9.17) is 5.73 Å². The highest BCUT2D eigenvalue weighted by molar-refractivity contribution is 5.82. The van der Waals surface area contributed by atoms with Gasteiger partial charge >= 0.3 is 0 Å². The summed E-state index contributed by atoms with van der Waals surface area (Å²) in [5, 5.41) is 0. The lowest BCUT2D eigenvalue weighted by Crippen LogP contribution is -2.54. The monoisotopic (exact) mass is 421 g/mol. The Morgan fingerprint density at radius 1 is 1.13 bits per heavy atom. The SMILES string of the molecule is CC1CCc2ncnc(N3CCN(C(=O)C(N)Cc4ccc(C(C)(C)C)cc4)CC3)c21. The van der Waals surface area contributed by atoms with Crippen LogP contribution in [0.4, 0.5) is 5.82 Å². The molecule has 166 valence electrons. The Morgan fingerprint density at radius 2 is 1.81 bits per heavy atom. The summed E-state index contributed by atoms with van der Waals surface area (Å²) in [6.45, 7) is 11.8. The maximum atomic E-state index is 13.0. The molecule has 31 heavy (non-hydrogen) atoms. The summed E-state index contributed by atoms with van der Waals surface area (Å²) >= 11 is 0. The van der Waals surface area contributed by atoms with Crippen LogP contribution in [0.25, 0.3) is 0 Å². The van der Waals surface area contributed by atoms with E-state index < -0.39 is 6.04 Å². The molecular formula is C25H35N5O. The van der Waals surface area contributed by atoms with Crippen molar-refractivity contribution in [2.75, 3.05) is 31.1 Å². The number of aromatic nitrogens is 2. The molecule has 2 aliphatic rings. The Labute approximate surface area is 185 Å². The molecule has 6 nitrogen and oxygen atoms in total. The molecule has 1 saturated heterocycles. The first kappa shape index (κ1) is 21.8. The first-order valence-corrected chi connectivity index (χ1v) is 11.5. The average Bonchev–Trinajstić information content (AvgIpc) is 3.14. The van der Waals surface area contributed by atoms with E-state index >= 15 is 0 Å². The molecule has 1 aromatic heterocycles. The average molecular weight is 422 g/mol. The zero-order chi connectivity index (χ0) is 22.2. The molecule has 6 heteroatoms. The number of anilines is 1. The molecule has 1 aliphatic heterocycles. The van der Waals surface area contributed by atoms with Gasteiger partial charge in [0.05, 0.1) is 6.04 Å². The van der Waals surface area contributed by atoms with Crippen LogP contribution < -0.4 is 10.6 Å². The molecule has 2 unspecified atom stereocenters. The van der Waals surface area contributed by atoms with Crippen molar-refractivity contribution < 1.29 is 4.79 Å². The lowest BCUT2D eigenvalue weighted by atomic mass is 9.86. The van der Waals surface area contributed by atoms with Crippen LogP contribution in [0.3, 0.4) is 0 Å². The number of hydrogen-bond acceptors (Lipinski definition) is 5. The van der Waals surface area contributed by atoms with E-state index in [-0.39, 0.29) is 11.3 Å². The maximum Gasteiger partial charge on any atom is 0.239 e. The summed E-state index contributed by atoms with van der Waals surface area (Å²) in [7, 11) is 0. The van der Waals surface area contributed by atoms with E-state index in [1.807, 2.05) is 4.90 Å². The third-order valence-corrected chi connectivity index (χ3v) is 6.74. The van der Waals surface area contributed by atoms with Gasteiger partial charge < -0.3 is 15.5 Å². The molecule has 1 fully saturated rings. The van der Waals surface area contributed by atoms with Crippen molar-refractivity contribution in [2.24, 2.45) is 5.73 Å². The van der Waals surface area contributed by atoms with Crippen LogP contribution in [-0.2, 0) is 23.1 Å². The number of aryl methyl sites for hydroxylation is 1. The van der Waals surface area contributed by atoms with Crippen molar-refractivity contribution in [1.82, 2.24) is 14.9 Å². The van der Waals surface area contributed by atoms with Crippen molar-refractivity contribution in [3.63, 3.8) is 0 Å². The summed E-state index contributed by atoms with van der Waals surface area (Å²) in [6.07, 6.45) is 4.44. The first-order valence-electron chi connectivity index (χ1n) is 11.5. The molecule has 0 bridgehead atoms. The van der Waals surface area contributed by atoms with Gasteiger partial charge in [0.2, 0.25) is 5.91 Å². The second-order valence-electron chi connectivity index (χ2n) is 10.1. The summed E-state index contributed by atoms with van der Waals surface area (Å²) in [5.41, 5.74) is 11.3. The molecule has 0 spiro atoms. The standard InChI is InChI=1S/C25H35N5O/c1-17-5-10-21-22(17)23(28-16-27-21)29-11-13-30(14-12-29)24(31)20(26)15-18-6-8-19(9-7-18)25(2,3)4/h6-9,16-17,20H,5,10-15,26H2,1-4H3. The van der Waals surface area contributed by atoms with Crippen molar-refractivity contribution in [2.45, 2.75) is 64.3 Å². The number of piperazine rings is 1. The normalized spacial score (nSPS) is 20.0. The summed E-state index contributed by atoms with van der Waals surface area (Å²) < 4.78 is 0. The van der Waals surface area contributed by atoms with Crippen molar-refractivity contribution in [3.05, 3.63) is 53.0 Å². The fourth-order valence-electron chi connectivity index (χ4n) is 4.73. The molecule has 1 aromatic carbocycles. The first-order chi connectivity index (χ1) is 14.7. The van der Waals surface area contributed by atoms with Gasteiger partial charge in [-0.3, -0.25) is 4.79 Å². The fraction of sp³-hybridized carbons (Fsp3) is 0.560. The van der Waals surface area contributed by atoms with Crippen LogP contribution in [0, 0.1) is 0 Å². The second-order valence-corrected chi connectivity index (χ2v) is 10.1. The number of carbonyl (C=O) groups is 1. The predicted octanol–water partition coefficient (Wildman–Crippen LogP) is 3.04. The second kappa shape index (κ2) is 8.58. The number of fused-ring (bicyclic) bond motifs is 1. The zero-order valence-corrected chi connectivity index (χ0v) is 19.3.